The van der Waals surface area contributed by atoms with E-state index in [1.165, 1.54) is 23.9 Å². The van der Waals surface area contributed by atoms with Crippen molar-refractivity contribution in [2.24, 2.45) is 0 Å². The Morgan fingerprint density at radius 2 is 1.53 bits per heavy atom. The minimum Gasteiger partial charge on any atom is -0.367 e. The van der Waals surface area contributed by atoms with E-state index in [1.54, 1.807) is 6.08 Å². The van der Waals surface area contributed by atoms with Gasteiger partial charge in [0.05, 0.1) is 6.61 Å². The molecule has 208 valence electrons. The van der Waals surface area contributed by atoms with Crippen molar-refractivity contribution in [2.75, 3.05) is 6.61 Å². The van der Waals surface area contributed by atoms with Gasteiger partial charge in [-0.2, -0.15) is 4.31 Å². The highest BCUT2D eigenvalue weighted by atomic mass is 31.3. The third kappa shape index (κ3) is 14.2. The summed E-state index contributed by atoms with van der Waals surface area (Å²) in [5.41, 5.74) is 2.24. The quantitative estimate of drug-likeness (QED) is 0.127. The first kappa shape index (κ1) is 35.2. The molecule has 0 fully saturated rings. The Bertz CT molecular complexity index is 1060. The minimum atomic E-state index is -5.41. The first-order valence-corrected chi connectivity index (χ1v) is 16.1. The largest absolute Gasteiger partial charge is 0.481 e. The number of phosphoric ester groups is 1. The van der Waals surface area contributed by atoms with Gasteiger partial charge in [-0.3, -0.25) is 18.6 Å². The molecule has 1 aromatic rings. The number of phosphoric acid groups is 2. The van der Waals surface area contributed by atoms with E-state index in [0.717, 1.165) is 24.6 Å². The maximum Gasteiger partial charge on any atom is 0.481 e. The van der Waals surface area contributed by atoms with Crippen LogP contribution in [0.4, 0.5) is 0 Å². The van der Waals surface area contributed by atoms with Gasteiger partial charge in [0.2, 0.25) is 0 Å². The standard InChI is InChI=1S/C10H20O7P2.C7H11NO7P2/c1-9(2)5-4-6-10(3)7-8-16-19(14,15)17-18(11,12)13;9-7(16(10,11)12,17(13,14)15)4-6-2-1-3-8-5-6/h5,7H,4,6,8H2,1-3H3,(H,14,15)(H2,11,12,13);1-3,5,9H,4H2,(H2,10,11,12)(H2,13,14,15)/b10-7+;. The zero-order valence-corrected chi connectivity index (χ0v) is 23.1. The van der Waals surface area contributed by atoms with Crippen LogP contribution in [-0.4, -0.2) is 56.0 Å². The van der Waals surface area contributed by atoms with E-state index < -0.39 is 42.3 Å². The summed E-state index contributed by atoms with van der Waals surface area (Å²) in [6, 6.07) is 2.75. The SMILES string of the molecule is CC(C)=CCC/C(C)=C/COP(=O)(O)OP(=O)(O)O.O=P(O)(O)C(O)(Cc1cccnc1)P(=O)(O)O. The second kappa shape index (κ2) is 14.3. The number of allylic oxidation sites excluding steroid dienone is 3. The number of nitrogens with zero attached hydrogens (tertiary/aromatic N) is 1. The number of hydrogen-bond acceptors (Lipinski definition) is 8. The fraction of sp³-hybridized carbons (Fsp3) is 0.471. The van der Waals surface area contributed by atoms with Gasteiger partial charge in [-0.15, -0.1) is 0 Å². The molecule has 0 aliphatic carbocycles. The number of aliphatic hydroxyl groups is 1. The molecule has 1 unspecified atom stereocenters. The van der Waals surface area contributed by atoms with E-state index in [0.29, 0.717) is 0 Å². The Hall–Kier alpha value is -0.850. The lowest BCUT2D eigenvalue weighted by molar-refractivity contribution is 0.131. The zero-order chi connectivity index (χ0) is 28.4. The van der Waals surface area contributed by atoms with E-state index in [-0.39, 0.29) is 12.2 Å². The molecule has 15 nitrogen and oxygen atoms in total. The molecule has 0 amide bonds. The first-order valence-electron chi connectivity index (χ1n) is 9.85. The van der Waals surface area contributed by atoms with Crippen molar-refractivity contribution in [1.29, 1.82) is 0 Å². The maximum atomic E-state index is 11.1. The third-order valence-corrected chi connectivity index (χ3v) is 9.96. The second-order valence-corrected chi connectivity index (χ2v) is 14.4. The molecule has 0 bridgehead atoms. The van der Waals surface area contributed by atoms with Crippen molar-refractivity contribution < 1.29 is 66.5 Å². The van der Waals surface area contributed by atoms with Gasteiger partial charge in [0.15, 0.2) is 0 Å². The molecule has 1 heterocycles. The lowest BCUT2D eigenvalue weighted by Gasteiger charge is -2.29. The molecule has 1 atom stereocenters. The summed E-state index contributed by atoms with van der Waals surface area (Å²) < 4.78 is 51.6. The summed E-state index contributed by atoms with van der Waals surface area (Å²) in [4.78, 5) is 64.9. The van der Waals surface area contributed by atoms with Gasteiger partial charge in [-0.1, -0.05) is 29.4 Å². The highest BCUT2D eigenvalue weighted by Crippen LogP contribution is 2.68. The van der Waals surface area contributed by atoms with E-state index in [2.05, 4.69) is 19.9 Å². The maximum absolute atomic E-state index is 11.1. The Kier molecular flexibility index (Phi) is 14.0. The lowest BCUT2D eigenvalue weighted by atomic mass is 10.1. The summed E-state index contributed by atoms with van der Waals surface area (Å²) in [5.74, 6) is 0. The van der Waals surface area contributed by atoms with Crippen molar-refractivity contribution >= 4 is 30.8 Å². The minimum absolute atomic E-state index is 0.0988. The number of pyridine rings is 1. The first-order chi connectivity index (χ1) is 16.1. The fourth-order valence-electron chi connectivity index (χ4n) is 2.27. The van der Waals surface area contributed by atoms with Crippen LogP contribution in [0.1, 0.15) is 39.2 Å². The van der Waals surface area contributed by atoms with Crippen molar-refractivity contribution in [2.45, 2.75) is 45.1 Å². The van der Waals surface area contributed by atoms with Gasteiger partial charge in [0.25, 0.3) is 5.08 Å². The van der Waals surface area contributed by atoms with Crippen LogP contribution in [-0.2, 0) is 33.5 Å². The number of aromatic nitrogens is 1. The molecule has 0 aliphatic heterocycles. The molecule has 1 aromatic heterocycles. The summed E-state index contributed by atoms with van der Waals surface area (Å²) in [6.07, 6.45) is 6.87. The smallest absolute Gasteiger partial charge is 0.367 e. The Morgan fingerprint density at radius 1 is 0.972 bits per heavy atom. The van der Waals surface area contributed by atoms with Crippen LogP contribution < -0.4 is 0 Å². The molecule has 0 aliphatic rings. The highest BCUT2D eigenvalue weighted by molar-refractivity contribution is 7.72. The summed E-state index contributed by atoms with van der Waals surface area (Å²) >= 11 is 0. The normalized spacial score (nSPS) is 14.9. The van der Waals surface area contributed by atoms with Crippen LogP contribution in [0.3, 0.4) is 0 Å². The molecular formula is C17H31NO14P4. The molecule has 0 radical (unpaired) electrons. The lowest BCUT2D eigenvalue weighted by Crippen LogP contribution is -2.31. The Morgan fingerprint density at radius 3 is 1.94 bits per heavy atom. The molecule has 19 heteroatoms. The van der Waals surface area contributed by atoms with Crippen LogP contribution in [0.25, 0.3) is 0 Å². The summed E-state index contributed by atoms with van der Waals surface area (Å²) in [6.45, 7) is 5.55. The van der Waals surface area contributed by atoms with Gasteiger partial charge in [0, 0.05) is 18.8 Å². The molecule has 8 N–H and O–H groups in total. The van der Waals surface area contributed by atoms with Crippen LogP contribution in [0.2, 0.25) is 0 Å². The van der Waals surface area contributed by atoms with Crippen LogP contribution >= 0.6 is 30.8 Å². The average Bonchev–Trinajstić information content (AvgIpc) is 2.65. The molecule has 0 saturated carbocycles. The molecule has 1 rings (SSSR count). The third-order valence-electron chi connectivity index (χ3n) is 4.07. The monoisotopic (exact) mass is 597 g/mol. The predicted octanol–water partition coefficient (Wildman–Crippen LogP) is 2.53. The predicted molar refractivity (Wildman–Crippen MR) is 128 cm³/mol. The molecule has 0 aromatic carbocycles. The second-order valence-electron chi connectivity index (χ2n) is 7.61. The van der Waals surface area contributed by atoms with Crippen LogP contribution in [0.15, 0.2) is 47.8 Å². The van der Waals surface area contributed by atoms with Crippen LogP contribution in [0, 0.1) is 0 Å². The van der Waals surface area contributed by atoms with E-state index >= 15 is 0 Å². The average molecular weight is 597 g/mol. The van der Waals surface area contributed by atoms with Crippen molar-refractivity contribution in [3.8, 4) is 0 Å². The van der Waals surface area contributed by atoms with Crippen molar-refractivity contribution in [1.82, 2.24) is 4.98 Å². The van der Waals surface area contributed by atoms with Gasteiger partial charge >= 0.3 is 30.8 Å². The van der Waals surface area contributed by atoms with Crippen LogP contribution in [0.5, 0.6) is 0 Å². The topological polar surface area (TPSA) is 261 Å². The Labute approximate surface area is 207 Å². The molecule has 0 spiro atoms. The zero-order valence-electron chi connectivity index (χ0n) is 19.6. The fourth-order valence-corrected chi connectivity index (χ4v) is 5.94. The molecule has 36 heavy (non-hydrogen) atoms. The highest BCUT2D eigenvalue weighted by Gasteiger charge is 2.59. The summed E-state index contributed by atoms with van der Waals surface area (Å²) in [5, 5.41) is 6.16. The molecular weight excluding hydrogens is 566 g/mol. The summed E-state index contributed by atoms with van der Waals surface area (Å²) in [7, 11) is -20.6. The van der Waals surface area contributed by atoms with Gasteiger partial charge in [-0.25, -0.2) is 9.13 Å². The Balaban J connectivity index is 0.000000684. The van der Waals surface area contributed by atoms with Crippen molar-refractivity contribution in [3.05, 3.63) is 53.4 Å². The number of rotatable bonds is 12. The van der Waals surface area contributed by atoms with Gasteiger partial charge < -0.3 is 39.4 Å². The van der Waals surface area contributed by atoms with Gasteiger partial charge in [-0.05, 0) is 45.2 Å². The van der Waals surface area contributed by atoms with Gasteiger partial charge in [0.1, 0.15) is 0 Å². The van der Waals surface area contributed by atoms with Crippen molar-refractivity contribution in [3.63, 3.8) is 0 Å². The number of hydrogen-bond donors (Lipinski definition) is 8. The van der Waals surface area contributed by atoms with E-state index in [9.17, 15) is 23.4 Å². The van der Waals surface area contributed by atoms with E-state index in [1.807, 2.05) is 20.8 Å². The molecule has 0 saturated heterocycles. The van der Waals surface area contributed by atoms with E-state index in [4.69, 9.17) is 34.3 Å².